The Labute approximate surface area is 148 Å². The zero-order valence-electron chi connectivity index (χ0n) is 15.0. The van der Waals surface area contributed by atoms with E-state index in [4.69, 9.17) is 4.74 Å². The number of rotatable bonds is 11. The predicted octanol–water partition coefficient (Wildman–Crippen LogP) is 3.77. The molecule has 1 rings (SSSR count). The lowest BCUT2D eigenvalue weighted by molar-refractivity contribution is -0.147. The Hall–Kier alpha value is -2.24. The fourth-order valence-electron chi connectivity index (χ4n) is 2.69. The van der Waals surface area contributed by atoms with Crippen LogP contribution in [0.5, 0.6) is 17.2 Å². The number of carbonyl (C=O) groups excluding carboxylic acids is 2. The molecule has 0 saturated carbocycles. The van der Waals surface area contributed by atoms with Crippen molar-refractivity contribution in [3.63, 3.8) is 0 Å². The number of esters is 1. The van der Waals surface area contributed by atoms with Crippen LogP contribution >= 0.6 is 0 Å². The minimum absolute atomic E-state index is 0.113. The lowest BCUT2D eigenvalue weighted by Crippen LogP contribution is -2.24. The highest BCUT2D eigenvalue weighted by Gasteiger charge is 2.30. The molecule has 140 valence electrons. The van der Waals surface area contributed by atoms with Gasteiger partial charge in [0.1, 0.15) is 5.92 Å². The van der Waals surface area contributed by atoms with Crippen LogP contribution in [0.25, 0.3) is 0 Å². The second-order valence-corrected chi connectivity index (χ2v) is 6.08. The van der Waals surface area contributed by atoms with Gasteiger partial charge in [0, 0.05) is 6.42 Å². The Morgan fingerprint density at radius 2 is 1.52 bits per heavy atom. The molecular weight excluding hydrogens is 324 g/mol. The first kappa shape index (κ1) is 20.8. The third-order valence-electron chi connectivity index (χ3n) is 4.05. The van der Waals surface area contributed by atoms with E-state index < -0.39 is 29.1 Å². The van der Waals surface area contributed by atoms with Crippen LogP contribution in [-0.4, -0.2) is 33.7 Å². The Kier molecular flexibility index (Phi) is 8.81. The molecule has 1 aromatic rings. The van der Waals surface area contributed by atoms with E-state index in [9.17, 15) is 24.9 Å². The molecule has 0 aliphatic rings. The minimum atomic E-state index is -1.21. The van der Waals surface area contributed by atoms with Gasteiger partial charge in [0.25, 0.3) is 0 Å². The molecule has 0 saturated heterocycles. The van der Waals surface area contributed by atoms with E-state index in [1.54, 1.807) is 6.92 Å². The lowest BCUT2D eigenvalue weighted by atomic mass is 9.91. The zero-order chi connectivity index (χ0) is 18.8. The van der Waals surface area contributed by atoms with Gasteiger partial charge in [-0.15, -0.1) is 0 Å². The van der Waals surface area contributed by atoms with Crippen LogP contribution in [0.2, 0.25) is 0 Å². The normalized spacial score (nSPS) is 11.9. The molecular formula is C19H28O6. The van der Waals surface area contributed by atoms with Crippen LogP contribution in [0.15, 0.2) is 12.1 Å². The predicted molar refractivity (Wildman–Crippen MR) is 93.8 cm³/mol. The molecule has 6 nitrogen and oxygen atoms in total. The van der Waals surface area contributed by atoms with Gasteiger partial charge in [0.15, 0.2) is 23.0 Å². The summed E-state index contributed by atoms with van der Waals surface area (Å²) >= 11 is 0. The van der Waals surface area contributed by atoms with Crippen LogP contribution in [0, 0.1) is 0 Å². The van der Waals surface area contributed by atoms with Crippen molar-refractivity contribution in [2.75, 3.05) is 6.61 Å². The molecule has 3 N–H and O–H groups in total. The first-order valence-corrected chi connectivity index (χ1v) is 8.86. The van der Waals surface area contributed by atoms with Gasteiger partial charge in [-0.1, -0.05) is 39.0 Å². The molecule has 0 heterocycles. The van der Waals surface area contributed by atoms with Gasteiger partial charge in [0.05, 0.1) is 6.61 Å². The van der Waals surface area contributed by atoms with Crippen LogP contribution in [0.4, 0.5) is 0 Å². The Morgan fingerprint density at radius 3 is 2.08 bits per heavy atom. The Balaban J connectivity index is 2.83. The summed E-state index contributed by atoms with van der Waals surface area (Å²) in [5.74, 6) is -4.11. The van der Waals surface area contributed by atoms with Gasteiger partial charge >= 0.3 is 5.97 Å². The molecule has 0 fully saturated rings. The zero-order valence-corrected chi connectivity index (χ0v) is 15.0. The van der Waals surface area contributed by atoms with Gasteiger partial charge in [-0.25, -0.2) is 0 Å². The SMILES string of the molecule is CCCCCCCCC(=O)C(C(=O)OCC)c1cc(O)c(O)c(O)c1. The van der Waals surface area contributed by atoms with E-state index >= 15 is 0 Å². The number of aromatic hydroxyl groups is 3. The van der Waals surface area contributed by atoms with Crippen molar-refractivity contribution < 1.29 is 29.6 Å². The molecule has 0 bridgehead atoms. The topological polar surface area (TPSA) is 104 Å². The van der Waals surface area contributed by atoms with Gasteiger partial charge in [-0.2, -0.15) is 0 Å². The number of Topliss-reactive ketones (excluding diaryl/α,β-unsaturated/α-hetero) is 1. The largest absolute Gasteiger partial charge is 0.504 e. The van der Waals surface area contributed by atoms with Gasteiger partial charge in [0.2, 0.25) is 0 Å². The fourth-order valence-corrected chi connectivity index (χ4v) is 2.69. The summed E-state index contributed by atoms with van der Waals surface area (Å²) in [7, 11) is 0. The average Bonchev–Trinajstić information content (AvgIpc) is 2.56. The van der Waals surface area contributed by atoms with Crippen molar-refractivity contribution in [2.45, 2.75) is 64.7 Å². The van der Waals surface area contributed by atoms with Crippen molar-refractivity contribution >= 4 is 11.8 Å². The molecule has 1 aromatic carbocycles. The number of carbonyl (C=O) groups is 2. The van der Waals surface area contributed by atoms with Crippen molar-refractivity contribution in [1.82, 2.24) is 0 Å². The smallest absolute Gasteiger partial charge is 0.321 e. The Morgan fingerprint density at radius 1 is 0.960 bits per heavy atom. The highest BCUT2D eigenvalue weighted by Crippen LogP contribution is 2.38. The van der Waals surface area contributed by atoms with Crippen LogP contribution in [0.3, 0.4) is 0 Å². The minimum Gasteiger partial charge on any atom is -0.504 e. The number of phenols is 3. The fraction of sp³-hybridized carbons (Fsp3) is 0.579. The first-order valence-electron chi connectivity index (χ1n) is 8.86. The number of benzene rings is 1. The maximum absolute atomic E-state index is 12.5. The van der Waals surface area contributed by atoms with Crippen LogP contribution < -0.4 is 0 Å². The summed E-state index contributed by atoms with van der Waals surface area (Å²) in [6, 6.07) is 2.21. The van der Waals surface area contributed by atoms with Gasteiger partial charge in [-0.05, 0) is 31.0 Å². The number of hydrogen-bond donors (Lipinski definition) is 3. The van der Waals surface area contributed by atoms with E-state index in [1.165, 1.54) is 6.42 Å². The summed E-state index contributed by atoms with van der Waals surface area (Å²) in [6.07, 6.45) is 6.31. The number of hydrogen-bond acceptors (Lipinski definition) is 6. The maximum atomic E-state index is 12.5. The number of ketones is 1. The molecule has 0 amide bonds. The van der Waals surface area contributed by atoms with Crippen molar-refractivity contribution in [3.8, 4) is 17.2 Å². The third kappa shape index (κ3) is 6.29. The number of ether oxygens (including phenoxy) is 1. The second kappa shape index (κ2) is 10.6. The maximum Gasteiger partial charge on any atom is 0.321 e. The highest BCUT2D eigenvalue weighted by molar-refractivity contribution is 6.04. The summed E-state index contributed by atoms with van der Waals surface area (Å²) in [5.41, 5.74) is 0.113. The average molecular weight is 352 g/mol. The van der Waals surface area contributed by atoms with Gasteiger partial charge < -0.3 is 20.1 Å². The lowest BCUT2D eigenvalue weighted by Gasteiger charge is -2.16. The molecule has 25 heavy (non-hydrogen) atoms. The van der Waals surface area contributed by atoms with Crippen LogP contribution in [0.1, 0.15) is 70.3 Å². The summed E-state index contributed by atoms with van der Waals surface area (Å²) in [5, 5.41) is 28.7. The first-order chi connectivity index (χ1) is 11.9. The van der Waals surface area contributed by atoms with E-state index in [0.29, 0.717) is 6.42 Å². The monoisotopic (exact) mass is 352 g/mol. The summed E-state index contributed by atoms with van der Waals surface area (Å²) in [4.78, 5) is 24.7. The van der Waals surface area contributed by atoms with E-state index in [2.05, 4.69) is 6.92 Å². The molecule has 0 radical (unpaired) electrons. The number of phenolic OH excluding ortho intramolecular Hbond substituents is 3. The molecule has 0 aliphatic heterocycles. The summed E-state index contributed by atoms with van der Waals surface area (Å²) in [6.45, 7) is 3.89. The molecule has 0 aliphatic carbocycles. The molecule has 1 atom stereocenters. The molecule has 1 unspecified atom stereocenters. The Bertz CT molecular complexity index is 558. The molecule has 0 aromatic heterocycles. The van der Waals surface area contributed by atoms with Crippen molar-refractivity contribution in [1.29, 1.82) is 0 Å². The summed E-state index contributed by atoms with van der Waals surface area (Å²) < 4.78 is 4.96. The quantitative estimate of drug-likeness (QED) is 0.242. The third-order valence-corrected chi connectivity index (χ3v) is 4.05. The number of unbranched alkanes of at least 4 members (excludes halogenated alkanes) is 5. The van der Waals surface area contributed by atoms with E-state index in [0.717, 1.165) is 37.8 Å². The van der Waals surface area contributed by atoms with E-state index in [-0.39, 0.29) is 24.4 Å². The van der Waals surface area contributed by atoms with E-state index in [1.807, 2.05) is 0 Å². The second-order valence-electron chi connectivity index (χ2n) is 6.08. The molecule has 0 spiro atoms. The highest BCUT2D eigenvalue weighted by atomic mass is 16.5. The van der Waals surface area contributed by atoms with Gasteiger partial charge in [-0.3, -0.25) is 9.59 Å². The van der Waals surface area contributed by atoms with Crippen molar-refractivity contribution in [2.24, 2.45) is 0 Å². The standard InChI is InChI=1S/C19H28O6/c1-3-5-6-7-8-9-10-14(20)17(19(24)25-4-2)13-11-15(21)18(23)16(22)12-13/h11-12,17,21-23H,3-10H2,1-2H3. The van der Waals surface area contributed by atoms with Crippen molar-refractivity contribution in [3.05, 3.63) is 17.7 Å². The van der Waals surface area contributed by atoms with Crippen LogP contribution in [-0.2, 0) is 14.3 Å². The molecule has 6 heteroatoms.